The average molecular weight is 354 g/mol. The number of aromatic amines is 1. The summed E-state index contributed by atoms with van der Waals surface area (Å²) >= 11 is 0. The van der Waals surface area contributed by atoms with Gasteiger partial charge in [0.05, 0.1) is 17.3 Å². The Bertz CT molecular complexity index is 1130. The molecule has 0 saturated carbocycles. The minimum absolute atomic E-state index is 0.0857. The van der Waals surface area contributed by atoms with Crippen LogP contribution in [0.25, 0.3) is 22.0 Å². The van der Waals surface area contributed by atoms with E-state index in [-0.39, 0.29) is 5.91 Å². The van der Waals surface area contributed by atoms with Crippen molar-refractivity contribution >= 4 is 16.8 Å². The molecule has 0 bridgehead atoms. The lowest BCUT2D eigenvalue weighted by molar-refractivity contribution is 0.0780. The third-order valence-corrected chi connectivity index (χ3v) is 5.12. The molecule has 1 amide bonds. The summed E-state index contributed by atoms with van der Waals surface area (Å²) < 4.78 is 0. The highest BCUT2D eigenvalue weighted by atomic mass is 16.2. The van der Waals surface area contributed by atoms with E-state index in [9.17, 15) is 4.79 Å². The summed E-state index contributed by atoms with van der Waals surface area (Å²) in [6.07, 6.45) is 4.32. The Morgan fingerprint density at radius 2 is 1.96 bits per heavy atom. The number of aromatic nitrogens is 3. The van der Waals surface area contributed by atoms with E-state index < -0.39 is 0 Å². The minimum atomic E-state index is 0.0857. The number of pyridine rings is 1. The molecule has 1 aliphatic rings. The number of carbonyl (C=O) groups excluding carboxylic acids is 1. The number of amides is 1. The first-order valence-electron chi connectivity index (χ1n) is 9.04. The van der Waals surface area contributed by atoms with E-state index >= 15 is 0 Å². The lowest BCUT2D eigenvalue weighted by atomic mass is 9.99. The maximum Gasteiger partial charge on any atom is 0.255 e. The molecule has 1 N–H and O–H groups in total. The Morgan fingerprint density at radius 3 is 2.85 bits per heavy atom. The number of benzene rings is 2. The third-order valence-electron chi connectivity index (χ3n) is 5.12. The van der Waals surface area contributed by atoms with E-state index in [2.05, 4.69) is 22.3 Å². The zero-order valence-electron chi connectivity index (χ0n) is 14.7. The summed E-state index contributed by atoms with van der Waals surface area (Å²) in [5.74, 6) is 0.0857. The lowest BCUT2D eigenvalue weighted by Crippen LogP contribution is -2.26. The molecule has 2 aromatic carbocycles. The molecule has 5 rings (SSSR count). The monoisotopic (exact) mass is 354 g/mol. The first-order valence-corrected chi connectivity index (χ1v) is 9.04. The number of fused-ring (bicyclic) bond motifs is 2. The van der Waals surface area contributed by atoms with Crippen molar-refractivity contribution in [1.29, 1.82) is 0 Å². The van der Waals surface area contributed by atoms with Crippen LogP contribution >= 0.6 is 0 Å². The Hall–Kier alpha value is -3.47. The minimum Gasteiger partial charge on any atom is -0.334 e. The van der Waals surface area contributed by atoms with Gasteiger partial charge < -0.3 is 4.90 Å². The van der Waals surface area contributed by atoms with Crippen LogP contribution < -0.4 is 0 Å². The molecule has 4 aromatic rings. The Labute approximate surface area is 156 Å². The van der Waals surface area contributed by atoms with Crippen molar-refractivity contribution in [3.63, 3.8) is 0 Å². The number of hydrogen-bond acceptors (Lipinski definition) is 3. The quantitative estimate of drug-likeness (QED) is 0.606. The number of carbonyl (C=O) groups is 1. The highest BCUT2D eigenvalue weighted by Crippen LogP contribution is 2.32. The summed E-state index contributed by atoms with van der Waals surface area (Å²) in [7, 11) is 0. The molecule has 3 heterocycles. The molecule has 0 aliphatic carbocycles. The zero-order valence-corrected chi connectivity index (χ0v) is 14.7. The Kier molecular flexibility index (Phi) is 3.71. The van der Waals surface area contributed by atoms with Gasteiger partial charge in [-0.3, -0.25) is 14.9 Å². The molecule has 2 aromatic heterocycles. The summed E-state index contributed by atoms with van der Waals surface area (Å²) in [6, 6.07) is 18.3. The van der Waals surface area contributed by atoms with Crippen LogP contribution in [0, 0.1) is 0 Å². The highest BCUT2D eigenvalue weighted by Gasteiger charge is 2.30. The van der Waals surface area contributed by atoms with E-state index in [1.165, 1.54) is 0 Å². The van der Waals surface area contributed by atoms with Crippen molar-refractivity contribution in [2.45, 2.75) is 13.0 Å². The third kappa shape index (κ3) is 2.77. The van der Waals surface area contributed by atoms with Crippen LogP contribution in [0.2, 0.25) is 0 Å². The van der Waals surface area contributed by atoms with E-state index in [4.69, 9.17) is 4.98 Å². The summed E-state index contributed by atoms with van der Waals surface area (Å²) in [4.78, 5) is 19.6. The summed E-state index contributed by atoms with van der Waals surface area (Å²) in [6.45, 7) is 1.30. The predicted molar refractivity (Wildman–Crippen MR) is 104 cm³/mol. The van der Waals surface area contributed by atoms with Crippen molar-refractivity contribution in [2.75, 3.05) is 6.54 Å². The van der Waals surface area contributed by atoms with Crippen molar-refractivity contribution in [1.82, 2.24) is 20.1 Å². The van der Waals surface area contributed by atoms with Gasteiger partial charge in [0.2, 0.25) is 0 Å². The van der Waals surface area contributed by atoms with Gasteiger partial charge in [-0.15, -0.1) is 0 Å². The van der Waals surface area contributed by atoms with Crippen molar-refractivity contribution in [3.8, 4) is 11.1 Å². The van der Waals surface area contributed by atoms with Crippen molar-refractivity contribution < 1.29 is 4.79 Å². The molecule has 0 spiro atoms. The van der Waals surface area contributed by atoms with Crippen LogP contribution in [0.5, 0.6) is 0 Å². The maximum absolute atomic E-state index is 13.0. The highest BCUT2D eigenvalue weighted by molar-refractivity contribution is 6.04. The van der Waals surface area contributed by atoms with Gasteiger partial charge in [-0.25, -0.2) is 0 Å². The van der Waals surface area contributed by atoms with Gasteiger partial charge in [-0.05, 0) is 23.3 Å². The molecular weight excluding hydrogens is 336 g/mol. The lowest BCUT2D eigenvalue weighted by Gasteiger charge is -2.15. The molecule has 0 saturated heterocycles. The smallest absolute Gasteiger partial charge is 0.255 e. The van der Waals surface area contributed by atoms with Crippen LogP contribution in [0.3, 0.4) is 0 Å². The molecule has 5 heteroatoms. The fraction of sp³-hybridized carbons (Fsp3) is 0.136. The van der Waals surface area contributed by atoms with Crippen LogP contribution in [-0.4, -0.2) is 32.5 Å². The van der Waals surface area contributed by atoms with Crippen molar-refractivity contribution in [2.24, 2.45) is 0 Å². The molecule has 132 valence electrons. The first-order chi connectivity index (χ1) is 13.3. The normalized spacial score (nSPS) is 13.3. The molecule has 0 fully saturated rings. The van der Waals surface area contributed by atoms with Gasteiger partial charge in [0.1, 0.15) is 0 Å². The van der Waals surface area contributed by atoms with Crippen LogP contribution in [0.1, 0.15) is 21.6 Å². The fourth-order valence-electron chi connectivity index (χ4n) is 3.74. The number of rotatable bonds is 4. The average Bonchev–Trinajstić information content (AvgIpc) is 3.35. The maximum atomic E-state index is 13.0. The van der Waals surface area contributed by atoms with Gasteiger partial charge in [-0.2, -0.15) is 5.10 Å². The number of para-hydroxylation sites is 1. The molecule has 5 nitrogen and oxygen atoms in total. The van der Waals surface area contributed by atoms with E-state index in [0.29, 0.717) is 13.1 Å². The van der Waals surface area contributed by atoms with Gasteiger partial charge in [0.25, 0.3) is 5.91 Å². The van der Waals surface area contributed by atoms with Gasteiger partial charge in [0, 0.05) is 42.4 Å². The standard InChI is InChI=1S/C22H18N4O/c27-22-21-16(5-3-6-19(21)17-12-23-24-13-17)14-26(22)11-10-18-9-8-15-4-1-2-7-20(15)25-18/h1-9,12-13H,10-11,14H2,(H,23,24). The number of hydrogen-bond donors (Lipinski definition) is 1. The van der Waals surface area contributed by atoms with Gasteiger partial charge >= 0.3 is 0 Å². The topological polar surface area (TPSA) is 61.9 Å². The fourth-order valence-corrected chi connectivity index (χ4v) is 3.74. The molecular formula is C22H18N4O. The number of H-pyrrole nitrogens is 1. The molecule has 27 heavy (non-hydrogen) atoms. The molecule has 0 unspecified atom stereocenters. The largest absolute Gasteiger partial charge is 0.334 e. The predicted octanol–water partition coefficient (Wildman–Crippen LogP) is 3.82. The van der Waals surface area contributed by atoms with Crippen molar-refractivity contribution in [3.05, 3.63) is 83.8 Å². The van der Waals surface area contributed by atoms with E-state index in [1.807, 2.05) is 53.6 Å². The Balaban J connectivity index is 1.37. The second kappa shape index (κ2) is 6.36. The van der Waals surface area contributed by atoms with Gasteiger partial charge in [0.15, 0.2) is 0 Å². The summed E-state index contributed by atoms with van der Waals surface area (Å²) in [5, 5.41) is 7.97. The second-order valence-corrected chi connectivity index (χ2v) is 6.80. The SMILES string of the molecule is O=C1c2c(cccc2-c2cn[nH]c2)CN1CCc1ccc2ccccc2n1. The zero-order chi connectivity index (χ0) is 18.2. The van der Waals surface area contributed by atoms with E-state index in [1.54, 1.807) is 6.20 Å². The van der Waals surface area contributed by atoms with Crippen LogP contribution in [0.15, 0.2) is 67.0 Å². The van der Waals surface area contributed by atoms with Crippen LogP contribution in [0.4, 0.5) is 0 Å². The Morgan fingerprint density at radius 1 is 1.04 bits per heavy atom. The molecule has 0 atom stereocenters. The number of nitrogens with one attached hydrogen (secondary N) is 1. The molecule has 1 aliphatic heterocycles. The van der Waals surface area contributed by atoms with Crippen LogP contribution in [-0.2, 0) is 13.0 Å². The summed E-state index contributed by atoms with van der Waals surface area (Å²) in [5.41, 5.74) is 5.76. The van der Waals surface area contributed by atoms with Gasteiger partial charge in [-0.1, -0.05) is 42.5 Å². The second-order valence-electron chi connectivity index (χ2n) is 6.80. The number of nitrogens with zero attached hydrogens (tertiary/aromatic N) is 3. The van der Waals surface area contributed by atoms with E-state index in [0.717, 1.165) is 45.3 Å². The molecule has 0 radical (unpaired) electrons. The first kappa shape index (κ1) is 15.8.